The third-order valence-electron chi connectivity index (χ3n) is 1.56. The van der Waals surface area contributed by atoms with Crippen molar-refractivity contribution in [3.8, 4) is 0 Å². The van der Waals surface area contributed by atoms with Crippen molar-refractivity contribution in [2.24, 2.45) is 5.73 Å². The number of nitrogens with two attached hydrogens (primary N) is 1. The lowest BCUT2D eigenvalue weighted by Crippen LogP contribution is -2.09. The molecule has 0 radical (unpaired) electrons. The molecule has 14 heavy (non-hydrogen) atoms. The van der Waals surface area contributed by atoms with Gasteiger partial charge in [0.15, 0.2) is 0 Å². The van der Waals surface area contributed by atoms with Crippen LogP contribution in [0, 0.1) is 0 Å². The molecule has 1 heterocycles. The van der Waals surface area contributed by atoms with Gasteiger partial charge in [-0.2, -0.15) is 0 Å². The molecule has 0 aliphatic carbocycles. The summed E-state index contributed by atoms with van der Waals surface area (Å²) in [5, 5.41) is 10.5. The Hall–Kier alpha value is -1.14. The summed E-state index contributed by atoms with van der Waals surface area (Å²) in [6, 6.07) is 0.155. The highest BCUT2D eigenvalue weighted by Gasteiger charge is 2.08. The summed E-state index contributed by atoms with van der Waals surface area (Å²) < 4.78 is 10.3. The van der Waals surface area contributed by atoms with E-state index in [1.54, 1.807) is 6.92 Å². The van der Waals surface area contributed by atoms with E-state index < -0.39 is 0 Å². The summed E-state index contributed by atoms with van der Waals surface area (Å²) in [6.45, 7) is 5.70. The zero-order chi connectivity index (χ0) is 10.4. The minimum atomic E-state index is -0.232. The van der Waals surface area contributed by atoms with Gasteiger partial charge in [-0.05, 0) is 13.8 Å². The lowest BCUT2D eigenvalue weighted by atomic mass is 10.4. The Labute approximate surface area is 82.8 Å². The molecular formula is C8H16N4O2. The molecule has 1 rings (SSSR count). The van der Waals surface area contributed by atoms with Gasteiger partial charge in [0, 0.05) is 13.2 Å². The van der Waals surface area contributed by atoms with E-state index in [2.05, 4.69) is 15.5 Å². The van der Waals surface area contributed by atoms with Crippen molar-refractivity contribution < 1.29 is 9.15 Å². The average Bonchev–Trinajstić information content (AvgIpc) is 2.61. The highest BCUT2D eigenvalue weighted by atomic mass is 16.5. The second-order valence-electron chi connectivity index (χ2n) is 2.86. The topological polar surface area (TPSA) is 86.2 Å². The van der Waals surface area contributed by atoms with Gasteiger partial charge in [0.05, 0.1) is 12.6 Å². The molecule has 1 unspecified atom stereocenters. The molecule has 0 fully saturated rings. The first-order valence-corrected chi connectivity index (χ1v) is 4.64. The van der Waals surface area contributed by atoms with Crippen molar-refractivity contribution in [2.45, 2.75) is 19.9 Å². The van der Waals surface area contributed by atoms with Crippen LogP contribution in [0.5, 0.6) is 0 Å². The lowest BCUT2D eigenvalue weighted by Gasteiger charge is -2.00. The van der Waals surface area contributed by atoms with Crippen LogP contribution in [0.3, 0.4) is 0 Å². The zero-order valence-corrected chi connectivity index (χ0v) is 8.49. The summed E-state index contributed by atoms with van der Waals surface area (Å²) in [5.41, 5.74) is 5.55. The van der Waals surface area contributed by atoms with E-state index in [1.807, 2.05) is 6.92 Å². The summed E-state index contributed by atoms with van der Waals surface area (Å²) in [4.78, 5) is 0. The fourth-order valence-electron chi connectivity index (χ4n) is 0.864. The second-order valence-corrected chi connectivity index (χ2v) is 2.86. The first-order chi connectivity index (χ1) is 6.74. The molecule has 0 amide bonds. The number of nitrogens with zero attached hydrogens (tertiary/aromatic N) is 2. The van der Waals surface area contributed by atoms with Gasteiger partial charge in [-0.3, -0.25) is 0 Å². The van der Waals surface area contributed by atoms with Crippen LogP contribution in [0.25, 0.3) is 0 Å². The standard InChI is InChI=1S/C8H16N4O2/c1-3-13-5-4-10-8-12-11-7(14-8)6(2)9/h6H,3-5,9H2,1-2H3,(H,10,12). The number of ether oxygens (including phenoxy) is 1. The highest BCUT2D eigenvalue weighted by molar-refractivity contribution is 5.16. The van der Waals surface area contributed by atoms with Crippen molar-refractivity contribution in [2.75, 3.05) is 25.1 Å². The monoisotopic (exact) mass is 200 g/mol. The SMILES string of the molecule is CCOCCNc1nnc(C(C)N)o1. The maximum atomic E-state index is 5.55. The van der Waals surface area contributed by atoms with Crippen LogP contribution in [0.1, 0.15) is 25.8 Å². The molecule has 0 aromatic carbocycles. The predicted octanol–water partition coefficient (Wildman–Crippen LogP) is 0.538. The van der Waals surface area contributed by atoms with Crippen LogP contribution < -0.4 is 11.1 Å². The third kappa shape index (κ3) is 3.31. The number of nitrogens with one attached hydrogen (secondary N) is 1. The molecule has 0 spiro atoms. The molecule has 6 nitrogen and oxygen atoms in total. The molecular weight excluding hydrogens is 184 g/mol. The van der Waals surface area contributed by atoms with Crippen LogP contribution in [0.15, 0.2) is 4.42 Å². The smallest absolute Gasteiger partial charge is 0.315 e. The van der Waals surface area contributed by atoms with E-state index in [0.717, 1.165) is 0 Å². The fraction of sp³-hybridized carbons (Fsp3) is 0.750. The molecule has 0 bridgehead atoms. The first-order valence-electron chi connectivity index (χ1n) is 4.64. The quantitative estimate of drug-likeness (QED) is 0.652. The highest BCUT2D eigenvalue weighted by Crippen LogP contribution is 2.10. The summed E-state index contributed by atoms with van der Waals surface area (Å²) in [6.07, 6.45) is 0. The van der Waals surface area contributed by atoms with Crippen LogP contribution in [-0.4, -0.2) is 30.0 Å². The van der Waals surface area contributed by atoms with Crippen molar-refractivity contribution in [3.05, 3.63) is 5.89 Å². The Balaban J connectivity index is 2.29. The van der Waals surface area contributed by atoms with Crippen LogP contribution in [-0.2, 0) is 4.74 Å². The molecule has 0 aliphatic heterocycles. The fourth-order valence-corrected chi connectivity index (χ4v) is 0.864. The van der Waals surface area contributed by atoms with Gasteiger partial charge in [-0.15, -0.1) is 5.10 Å². The number of hydrogen-bond donors (Lipinski definition) is 2. The summed E-state index contributed by atoms with van der Waals surface area (Å²) in [7, 11) is 0. The Morgan fingerprint density at radius 3 is 2.93 bits per heavy atom. The minimum Gasteiger partial charge on any atom is -0.406 e. The molecule has 1 atom stereocenters. The Kier molecular flexibility index (Phi) is 4.34. The molecule has 1 aromatic heterocycles. The van der Waals surface area contributed by atoms with Crippen molar-refractivity contribution in [1.29, 1.82) is 0 Å². The normalized spacial score (nSPS) is 12.8. The molecule has 6 heteroatoms. The molecule has 0 saturated carbocycles. The summed E-state index contributed by atoms with van der Waals surface area (Å²) >= 11 is 0. The van der Waals surface area contributed by atoms with E-state index in [4.69, 9.17) is 14.9 Å². The number of anilines is 1. The van der Waals surface area contributed by atoms with Gasteiger partial charge in [-0.25, -0.2) is 0 Å². The summed E-state index contributed by atoms with van der Waals surface area (Å²) in [5.74, 6) is 0.434. The Morgan fingerprint density at radius 2 is 2.36 bits per heavy atom. The van der Waals surface area contributed by atoms with Gasteiger partial charge < -0.3 is 20.2 Å². The number of hydrogen-bond acceptors (Lipinski definition) is 6. The van der Waals surface area contributed by atoms with Gasteiger partial charge in [0.2, 0.25) is 5.89 Å². The molecule has 1 aromatic rings. The van der Waals surface area contributed by atoms with Crippen molar-refractivity contribution in [1.82, 2.24) is 10.2 Å². The first kappa shape index (κ1) is 10.9. The maximum absolute atomic E-state index is 5.55. The molecule has 0 saturated heterocycles. The van der Waals surface area contributed by atoms with Gasteiger partial charge >= 0.3 is 6.01 Å². The third-order valence-corrected chi connectivity index (χ3v) is 1.56. The number of rotatable bonds is 6. The van der Waals surface area contributed by atoms with E-state index in [0.29, 0.717) is 31.7 Å². The Bertz CT molecular complexity index is 262. The molecule has 80 valence electrons. The van der Waals surface area contributed by atoms with Gasteiger partial charge in [0.25, 0.3) is 0 Å². The predicted molar refractivity (Wildman–Crippen MR) is 51.9 cm³/mol. The van der Waals surface area contributed by atoms with Crippen LogP contribution >= 0.6 is 0 Å². The van der Waals surface area contributed by atoms with Gasteiger partial charge in [0.1, 0.15) is 0 Å². The van der Waals surface area contributed by atoms with Crippen LogP contribution in [0.4, 0.5) is 6.01 Å². The second kappa shape index (κ2) is 5.56. The van der Waals surface area contributed by atoms with E-state index in [1.165, 1.54) is 0 Å². The number of aromatic nitrogens is 2. The van der Waals surface area contributed by atoms with E-state index in [9.17, 15) is 0 Å². The van der Waals surface area contributed by atoms with Crippen LogP contribution in [0.2, 0.25) is 0 Å². The van der Waals surface area contributed by atoms with E-state index in [-0.39, 0.29) is 6.04 Å². The average molecular weight is 200 g/mol. The Morgan fingerprint density at radius 1 is 1.57 bits per heavy atom. The lowest BCUT2D eigenvalue weighted by molar-refractivity contribution is 0.157. The van der Waals surface area contributed by atoms with Crippen molar-refractivity contribution >= 4 is 6.01 Å². The molecule has 0 aliphatic rings. The molecule has 3 N–H and O–H groups in total. The maximum Gasteiger partial charge on any atom is 0.315 e. The zero-order valence-electron chi connectivity index (χ0n) is 8.49. The minimum absolute atomic E-state index is 0.232. The van der Waals surface area contributed by atoms with Crippen molar-refractivity contribution in [3.63, 3.8) is 0 Å². The van der Waals surface area contributed by atoms with Gasteiger partial charge in [-0.1, -0.05) is 5.10 Å². The van der Waals surface area contributed by atoms with E-state index >= 15 is 0 Å². The largest absolute Gasteiger partial charge is 0.406 e.